The van der Waals surface area contributed by atoms with E-state index in [1.54, 1.807) is 13.8 Å². The number of hydrogen-bond acceptors (Lipinski definition) is 3. The number of halogens is 3. The van der Waals surface area contributed by atoms with Gasteiger partial charge in [-0.3, -0.25) is 4.98 Å². The van der Waals surface area contributed by atoms with Gasteiger partial charge in [0.25, 0.3) is 0 Å². The third-order valence-electron chi connectivity index (χ3n) is 2.31. The summed E-state index contributed by atoms with van der Waals surface area (Å²) in [5.41, 5.74) is -0.222. The van der Waals surface area contributed by atoms with Crippen molar-refractivity contribution < 1.29 is 23.1 Å². The standard InChI is InChI=1S/C11H13F3N2O2/c1-7(2)16(6-11(12,13)14)9-3-4-15-5-8(9)10(17)18/h3-5,7H,6H2,1-2H3,(H,17,18). The number of rotatable bonds is 4. The zero-order valence-electron chi connectivity index (χ0n) is 9.90. The van der Waals surface area contributed by atoms with Crippen molar-refractivity contribution in [2.75, 3.05) is 11.4 Å². The Morgan fingerprint density at radius 3 is 2.56 bits per heavy atom. The smallest absolute Gasteiger partial charge is 0.405 e. The Bertz CT molecular complexity index is 433. The van der Waals surface area contributed by atoms with E-state index in [4.69, 9.17) is 5.11 Å². The molecule has 1 aromatic heterocycles. The van der Waals surface area contributed by atoms with Crippen molar-refractivity contribution in [3.63, 3.8) is 0 Å². The number of pyridine rings is 1. The van der Waals surface area contributed by atoms with Crippen molar-refractivity contribution in [1.29, 1.82) is 0 Å². The van der Waals surface area contributed by atoms with Crippen LogP contribution < -0.4 is 4.90 Å². The van der Waals surface area contributed by atoms with Crippen LogP contribution in [0.15, 0.2) is 18.5 Å². The van der Waals surface area contributed by atoms with Gasteiger partial charge in [-0.15, -0.1) is 0 Å². The summed E-state index contributed by atoms with van der Waals surface area (Å²) in [5.74, 6) is -1.30. The van der Waals surface area contributed by atoms with E-state index >= 15 is 0 Å². The van der Waals surface area contributed by atoms with Crippen molar-refractivity contribution >= 4 is 11.7 Å². The van der Waals surface area contributed by atoms with Crippen LogP contribution in [-0.4, -0.2) is 34.8 Å². The van der Waals surface area contributed by atoms with E-state index in [1.165, 1.54) is 12.3 Å². The summed E-state index contributed by atoms with van der Waals surface area (Å²) in [7, 11) is 0. The van der Waals surface area contributed by atoms with Gasteiger partial charge >= 0.3 is 12.1 Å². The Morgan fingerprint density at radius 2 is 2.11 bits per heavy atom. The van der Waals surface area contributed by atoms with Crippen LogP contribution in [-0.2, 0) is 0 Å². The van der Waals surface area contributed by atoms with Crippen molar-refractivity contribution in [3.05, 3.63) is 24.0 Å². The molecule has 0 unspecified atom stereocenters. The maximum absolute atomic E-state index is 12.5. The van der Waals surface area contributed by atoms with Crippen molar-refractivity contribution in [2.45, 2.75) is 26.1 Å². The molecule has 0 amide bonds. The highest BCUT2D eigenvalue weighted by Gasteiger charge is 2.33. The zero-order chi connectivity index (χ0) is 13.9. The summed E-state index contributed by atoms with van der Waals surface area (Å²) in [6.45, 7) is 1.94. The normalized spacial score (nSPS) is 11.7. The SMILES string of the molecule is CC(C)N(CC(F)(F)F)c1ccncc1C(=O)O. The number of carboxylic acids is 1. The van der Waals surface area contributed by atoms with Gasteiger partial charge in [-0.25, -0.2) is 4.79 Å². The summed E-state index contributed by atoms with van der Waals surface area (Å²) in [6, 6.07) is 0.793. The first-order valence-electron chi connectivity index (χ1n) is 5.23. The maximum atomic E-state index is 12.5. The Morgan fingerprint density at radius 1 is 1.50 bits per heavy atom. The van der Waals surface area contributed by atoms with Crippen LogP contribution in [0.2, 0.25) is 0 Å². The van der Waals surface area contributed by atoms with Crippen molar-refractivity contribution in [1.82, 2.24) is 4.98 Å². The van der Waals surface area contributed by atoms with Gasteiger partial charge in [0, 0.05) is 18.4 Å². The minimum Gasteiger partial charge on any atom is -0.478 e. The fourth-order valence-corrected chi connectivity index (χ4v) is 1.54. The van der Waals surface area contributed by atoms with E-state index in [0.717, 1.165) is 11.1 Å². The first kappa shape index (κ1) is 14.3. The van der Waals surface area contributed by atoms with Gasteiger partial charge in [-0.05, 0) is 19.9 Å². The molecular formula is C11H13F3N2O2. The molecule has 1 heterocycles. The lowest BCUT2D eigenvalue weighted by atomic mass is 10.1. The molecule has 0 fully saturated rings. The monoisotopic (exact) mass is 262 g/mol. The summed E-state index contributed by atoms with van der Waals surface area (Å²) >= 11 is 0. The second-order valence-electron chi connectivity index (χ2n) is 4.03. The second-order valence-corrected chi connectivity index (χ2v) is 4.03. The topological polar surface area (TPSA) is 53.4 Å². The Kier molecular flexibility index (Phi) is 4.15. The molecule has 0 bridgehead atoms. The number of anilines is 1. The predicted molar refractivity (Wildman–Crippen MR) is 59.7 cm³/mol. The molecule has 0 atom stereocenters. The Balaban J connectivity index is 3.18. The van der Waals surface area contributed by atoms with Crippen LogP contribution in [0.3, 0.4) is 0 Å². The number of aromatic carboxylic acids is 1. The minimum atomic E-state index is -4.40. The molecule has 0 saturated carbocycles. The lowest BCUT2D eigenvalue weighted by Gasteiger charge is -2.30. The van der Waals surface area contributed by atoms with Crippen LogP contribution in [0.4, 0.5) is 18.9 Å². The van der Waals surface area contributed by atoms with Crippen LogP contribution in [0, 0.1) is 0 Å². The molecule has 100 valence electrons. The van der Waals surface area contributed by atoms with E-state index in [2.05, 4.69) is 4.98 Å². The van der Waals surface area contributed by atoms with E-state index in [0.29, 0.717) is 0 Å². The maximum Gasteiger partial charge on any atom is 0.405 e. The van der Waals surface area contributed by atoms with Gasteiger partial charge in [0.1, 0.15) is 12.1 Å². The summed E-state index contributed by atoms with van der Waals surface area (Å²) < 4.78 is 37.4. The van der Waals surface area contributed by atoms with Gasteiger partial charge < -0.3 is 10.0 Å². The molecule has 0 aromatic carbocycles. The molecule has 1 aromatic rings. The van der Waals surface area contributed by atoms with Crippen LogP contribution in [0.25, 0.3) is 0 Å². The average Bonchev–Trinajstić information content (AvgIpc) is 2.24. The lowest BCUT2D eigenvalue weighted by molar-refractivity contribution is -0.120. The molecule has 0 aliphatic rings. The Hall–Kier alpha value is -1.79. The van der Waals surface area contributed by atoms with Gasteiger partial charge in [0.2, 0.25) is 0 Å². The third kappa shape index (κ3) is 3.61. The van der Waals surface area contributed by atoms with Gasteiger partial charge in [0.05, 0.1) is 5.69 Å². The molecule has 0 radical (unpaired) electrons. The van der Waals surface area contributed by atoms with Gasteiger partial charge in [-0.2, -0.15) is 13.2 Å². The number of hydrogen-bond donors (Lipinski definition) is 1. The highest BCUT2D eigenvalue weighted by Crippen LogP contribution is 2.26. The molecule has 18 heavy (non-hydrogen) atoms. The molecule has 0 spiro atoms. The Labute approximate surface area is 102 Å². The van der Waals surface area contributed by atoms with E-state index in [1.807, 2.05) is 0 Å². The molecule has 0 saturated heterocycles. The molecule has 0 aliphatic heterocycles. The summed E-state index contributed by atoms with van der Waals surface area (Å²) in [5, 5.41) is 8.95. The zero-order valence-corrected chi connectivity index (χ0v) is 9.90. The highest BCUT2D eigenvalue weighted by molar-refractivity contribution is 5.94. The van der Waals surface area contributed by atoms with E-state index < -0.39 is 24.7 Å². The average molecular weight is 262 g/mol. The number of carbonyl (C=O) groups is 1. The largest absolute Gasteiger partial charge is 0.478 e. The third-order valence-corrected chi connectivity index (χ3v) is 2.31. The van der Waals surface area contributed by atoms with Crippen molar-refractivity contribution in [2.24, 2.45) is 0 Å². The highest BCUT2D eigenvalue weighted by atomic mass is 19.4. The second kappa shape index (κ2) is 5.24. The van der Waals surface area contributed by atoms with Crippen LogP contribution in [0.1, 0.15) is 24.2 Å². The van der Waals surface area contributed by atoms with Gasteiger partial charge in [0.15, 0.2) is 0 Å². The fourth-order valence-electron chi connectivity index (χ4n) is 1.54. The van der Waals surface area contributed by atoms with E-state index in [9.17, 15) is 18.0 Å². The molecule has 1 N–H and O–H groups in total. The molecule has 0 aliphatic carbocycles. The molecule has 1 rings (SSSR count). The quantitative estimate of drug-likeness (QED) is 0.906. The number of aromatic nitrogens is 1. The lowest BCUT2D eigenvalue weighted by Crippen LogP contribution is -2.40. The number of carboxylic acid groups (broad SMARTS) is 1. The van der Waals surface area contributed by atoms with Gasteiger partial charge in [-0.1, -0.05) is 0 Å². The number of alkyl halides is 3. The van der Waals surface area contributed by atoms with Crippen LogP contribution in [0.5, 0.6) is 0 Å². The minimum absolute atomic E-state index is 0.0184. The number of nitrogens with zero attached hydrogens (tertiary/aromatic N) is 2. The summed E-state index contributed by atoms with van der Waals surface area (Å²) in [6.07, 6.45) is -2.08. The first-order valence-corrected chi connectivity index (χ1v) is 5.23. The summed E-state index contributed by atoms with van der Waals surface area (Å²) in [4.78, 5) is 15.6. The first-order chi connectivity index (χ1) is 8.22. The molecule has 7 heteroatoms. The van der Waals surface area contributed by atoms with E-state index in [-0.39, 0.29) is 11.3 Å². The molecular weight excluding hydrogens is 249 g/mol. The fraction of sp³-hybridized carbons (Fsp3) is 0.455. The predicted octanol–water partition coefficient (Wildman–Crippen LogP) is 2.56. The van der Waals surface area contributed by atoms with Crippen LogP contribution >= 0.6 is 0 Å². The molecule has 4 nitrogen and oxygen atoms in total. The van der Waals surface area contributed by atoms with Crippen molar-refractivity contribution in [3.8, 4) is 0 Å².